The van der Waals surface area contributed by atoms with E-state index in [2.05, 4.69) is 0 Å². The fourth-order valence-corrected chi connectivity index (χ4v) is 4.11. The largest absolute Gasteiger partial charge is 0.507 e. The monoisotopic (exact) mass is 449 g/mol. The number of carbonyl (C=O) groups is 2. The first-order valence-electron chi connectivity index (χ1n) is 10.1. The summed E-state index contributed by atoms with van der Waals surface area (Å²) in [6, 6.07) is 13.0. The Morgan fingerprint density at radius 2 is 1.79 bits per heavy atom. The molecular weight excluding hydrogens is 432 g/mol. The van der Waals surface area contributed by atoms with E-state index >= 15 is 0 Å². The van der Waals surface area contributed by atoms with E-state index in [0.717, 1.165) is 28.7 Å². The average Bonchev–Trinajstić information content (AvgIpc) is 3.37. The highest BCUT2D eigenvalue weighted by atomic mass is 19.1. The lowest BCUT2D eigenvalue weighted by Gasteiger charge is -2.26. The summed E-state index contributed by atoms with van der Waals surface area (Å²) in [6.45, 7) is 1.84. The van der Waals surface area contributed by atoms with E-state index in [1.807, 2.05) is 13.0 Å². The number of amides is 1. The van der Waals surface area contributed by atoms with Crippen molar-refractivity contribution in [3.8, 4) is 11.5 Å². The minimum absolute atomic E-state index is 0.0199. The van der Waals surface area contributed by atoms with Crippen molar-refractivity contribution in [3.05, 3.63) is 94.6 Å². The number of carbonyl (C=O) groups excluding carboxylic acids is 2. The zero-order chi connectivity index (χ0) is 23.3. The predicted molar refractivity (Wildman–Crippen MR) is 115 cm³/mol. The number of anilines is 1. The summed E-state index contributed by atoms with van der Waals surface area (Å²) in [5.41, 5.74) is 0.858. The maximum Gasteiger partial charge on any atom is 0.300 e. The van der Waals surface area contributed by atoms with Crippen LogP contribution in [-0.2, 0) is 9.59 Å². The highest BCUT2D eigenvalue weighted by Gasteiger charge is 2.48. The quantitative estimate of drug-likeness (QED) is 0.359. The third-order valence-electron chi connectivity index (χ3n) is 5.62. The molecule has 1 atom stereocenters. The molecule has 3 aromatic rings. The lowest BCUT2D eigenvalue weighted by molar-refractivity contribution is -0.132. The molecule has 0 radical (unpaired) electrons. The number of Topliss-reactive ketones (excluding diaryl/α,β-unsaturated/α-hetero) is 1. The van der Waals surface area contributed by atoms with E-state index < -0.39 is 40.8 Å². The van der Waals surface area contributed by atoms with Crippen LogP contribution in [0.3, 0.4) is 0 Å². The zero-order valence-electron chi connectivity index (χ0n) is 17.3. The van der Waals surface area contributed by atoms with Crippen LogP contribution >= 0.6 is 0 Å². The van der Waals surface area contributed by atoms with Crippen molar-refractivity contribution in [3.63, 3.8) is 0 Å². The second-order valence-corrected chi connectivity index (χ2v) is 7.75. The first-order chi connectivity index (χ1) is 15.8. The second kappa shape index (κ2) is 7.74. The molecular formula is C25H17F2NO5. The normalized spacial score (nSPS) is 18.8. The molecule has 166 valence electrons. The molecule has 33 heavy (non-hydrogen) atoms. The van der Waals surface area contributed by atoms with Gasteiger partial charge in [-0.1, -0.05) is 29.8 Å². The van der Waals surface area contributed by atoms with Crippen LogP contribution in [0.4, 0.5) is 14.5 Å². The predicted octanol–water partition coefficient (Wildman–Crippen LogP) is 4.63. The number of hydrogen-bond acceptors (Lipinski definition) is 5. The van der Waals surface area contributed by atoms with Gasteiger partial charge in [-0.25, -0.2) is 8.78 Å². The van der Waals surface area contributed by atoms with E-state index in [4.69, 9.17) is 9.47 Å². The van der Waals surface area contributed by atoms with Crippen molar-refractivity contribution >= 4 is 23.1 Å². The fourth-order valence-electron chi connectivity index (χ4n) is 4.11. The Morgan fingerprint density at radius 1 is 1.00 bits per heavy atom. The molecule has 0 aliphatic carbocycles. The molecule has 8 heteroatoms. The van der Waals surface area contributed by atoms with E-state index in [1.165, 1.54) is 12.1 Å². The van der Waals surface area contributed by atoms with Crippen molar-refractivity contribution in [2.45, 2.75) is 13.0 Å². The van der Waals surface area contributed by atoms with Crippen molar-refractivity contribution < 1.29 is 33.0 Å². The number of aliphatic hydroxyl groups is 1. The standard InChI is InChI=1S/C25H17F2NO5/c1-13-3-2-4-14(9-13)22-21(23(29)15-5-8-19-20(10-15)33-12-32-19)24(30)25(31)28(22)18-11-16(26)6-7-17(18)27/h2-11,22,29H,12H2,1H3/b23-21-. The summed E-state index contributed by atoms with van der Waals surface area (Å²) < 4.78 is 39.3. The third kappa shape index (κ3) is 3.40. The van der Waals surface area contributed by atoms with Crippen LogP contribution in [0.5, 0.6) is 11.5 Å². The lowest BCUT2D eigenvalue weighted by atomic mass is 9.94. The first-order valence-corrected chi connectivity index (χ1v) is 10.1. The average molecular weight is 449 g/mol. The smallest absolute Gasteiger partial charge is 0.300 e. The van der Waals surface area contributed by atoms with Gasteiger partial charge < -0.3 is 14.6 Å². The number of aryl methyl sites for hydroxylation is 1. The topological polar surface area (TPSA) is 76.1 Å². The molecule has 1 amide bonds. The van der Waals surface area contributed by atoms with Crippen molar-refractivity contribution in [2.75, 3.05) is 11.7 Å². The SMILES string of the molecule is Cc1cccc(C2/C(=C(/O)c3ccc4c(c3)OCO4)C(=O)C(=O)N2c2cc(F)ccc2F)c1. The molecule has 1 unspecified atom stereocenters. The Hall–Kier alpha value is -4.20. The molecule has 1 N–H and O–H groups in total. The van der Waals surface area contributed by atoms with Gasteiger partial charge in [-0.15, -0.1) is 0 Å². The summed E-state index contributed by atoms with van der Waals surface area (Å²) in [5, 5.41) is 11.1. The van der Waals surface area contributed by atoms with Gasteiger partial charge in [0.1, 0.15) is 17.4 Å². The van der Waals surface area contributed by atoms with Crippen LogP contribution in [0.25, 0.3) is 5.76 Å². The van der Waals surface area contributed by atoms with Crippen LogP contribution in [0.1, 0.15) is 22.7 Å². The van der Waals surface area contributed by atoms with Crippen LogP contribution in [0, 0.1) is 18.6 Å². The Kier molecular flexibility index (Phi) is 4.85. The molecule has 2 heterocycles. The molecule has 6 nitrogen and oxygen atoms in total. The fraction of sp³-hybridized carbons (Fsp3) is 0.120. The van der Waals surface area contributed by atoms with Crippen LogP contribution < -0.4 is 14.4 Å². The van der Waals surface area contributed by atoms with Gasteiger partial charge in [0.2, 0.25) is 6.79 Å². The molecule has 0 bridgehead atoms. The molecule has 1 saturated heterocycles. The van der Waals surface area contributed by atoms with E-state index in [9.17, 15) is 23.5 Å². The molecule has 0 saturated carbocycles. The van der Waals surface area contributed by atoms with Crippen molar-refractivity contribution in [2.24, 2.45) is 0 Å². The van der Waals surface area contributed by atoms with Gasteiger partial charge in [0, 0.05) is 11.6 Å². The maximum absolute atomic E-state index is 14.7. The summed E-state index contributed by atoms with van der Waals surface area (Å²) >= 11 is 0. The summed E-state index contributed by atoms with van der Waals surface area (Å²) in [6.07, 6.45) is 0. The van der Waals surface area contributed by atoms with Gasteiger partial charge in [-0.3, -0.25) is 14.5 Å². The van der Waals surface area contributed by atoms with Crippen molar-refractivity contribution in [1.29, 1.82) is 0 Å². The van der Waals surface area contributed by atoms with Gasteiger partial charge >= 0.3 is 0 Å². The Balaban J connectivity index is 1.74. The number of aliphatic hydroxyl groups excluding tert-OH is 1. The summed E-state index contributed by atoms with van der Waals surface area (Å²) in [7, 11) is 0. The number of fused-ring (bicyclic) bond motifs is 1. The maximum atomic E-state index is 14.7. The van der Waals surface area contributed by atoms with Crippen LogP contribution in [-0.4, -0.2) is 23.6 Å². The van der Waals surface area contributed by atoms with Crippen molar-refractivity contribution in [1.82, 2.24) is 0 Å². The summed E-state index contributed by atoms with van der Waals surface area (Å²) in [4.78, 5) is 27.1. The Bertz CT molecular complexity index is 1350. The Labute approximate surface area is 187 Å². The molecule has 0 aromatic heterocycles. The number of nitrogens with zero attached hydrogens (tertiary/aromatic N) is 1. The van der Waals surface area contributed by atoms with Gasteiger partial charge in [0.25, 0.3) is 11.7 Å². The Morgan fingerprint density at radius 3 is 2.58 bits per heavy atom. The molecule has 1 fully saturated rings. The molecule has 3 aromatic carbocycles. The minimum atomic E-state index is -1.17. The van der Waals surface area contributed by atoms with Crippen LogP contribution in [0.2, 0.25) is 0 Å². The van der Waals surface area contributed by atoms with E-state index in [0.29, 0.717) is 17.1 Å². The zero-order valence-corrected chi connectivity index (χ0v) is 17.3. The van der Waals surface area contributed by atoms with Crippen LogP contribution in [0.15, 0.2) is 66.2 Å². The van der Waals surface area contributed by atoms with Gasteiger partial charge in [-0.2, -0.15) is 0 Å². The number of rotatable bonds is 3. The number of ketones is 1. The lowest BCUT2D eigenvalue weighted by Crippen LogP contribution is -2.30. The van der Waals surface area contributed by atoms with Gasteiger partial charge in [0.15, 0.2) is 11.5 Å². The van der Waals surface area contributed by atoms with E-state index in [1.54, 1.807) is 24.3 Å². The summed E-state index contributed by atoms with van der Waals surface area (Å²) in [5.74, 6) is -3.35. The van der Waals surface area contributed by atoms with E-state index in [-0.39, 0.29) is 17.9 Å². The minimum Gasteiger partial charge on any atom is -0.507 e. The molecule has 2 aliphatic heterocycles. The highest BCUT2D eigenvalue weighted by molar-refractivity contribution is 6.51. The first kappa shape index (κ1) is 20.7. The second-order valence-electron chi connectivity index (χ2n) is 7.75. The number of hydrogen-bond donors (Lipinski definition) is 1. The number of ether oxygens (including phenoxy) is 2. The van der Waals surface area contributed by atoms with Gasteiger partial charge in [0.05, 0.1) is 17.3 Å². The molecule has 2 aliphatic rings. The number of benzene rings is 3. The highest BCUT2D eigenvalue weighted by Crippen LogP contribution is 2.44. The molecule has 0 spiro atoms. The molecule has 5 rings (SSSR count). The van der Waals surface area contributed by atoms with Gasteiger partial charge in [-0.05, 0) is 42.8 Å². The third-order valence-corrected chi connectivity index (χ3v) is 5.62. The number of halogens is 2.